The Labute approximate surface area is 205 Å². The zero-order chi connectivity index (χ0) is 24.0. The highest BCUT2D eigenvalue weighted by molar-refractivity contribution is 6.35. The van der Waals surface area contributed by atoms with E-state index in [1.165, 1.54) is 18.2 Å². The number of ether oxygens (including phenoxy) is 2. The van der Waals surface area contributed by atoms with Gasteiger partial charge in [-0.25, -0.2) is 0 Å². The zero-order valence-electron chi connectivity index (χ0n) is 18.0. The first-order valence-electron chi connectivity index (χ1n) is 10.4. The van der Waals surface area contributed by atoms with E-state index in [4.69, 9.17) is 32.7 Å². The molecule has 2 aliphatic rings. The number of nitro groups is 1. The van der Waals surface area contributed by atoms with Crippen LogP contribution in [-0.4, -0.2) is 22.3 Å². The molecule has 0 radical (unpaired) electrons. The molecule has 0 amide bonds. The van der Waals surface area contributed by atoms with E-state index in [0.717, 1.165) is 16.7 Å². The first-order valence-corrected chi connectivity index (χ1v) is 11.2. The Hall–Kier alpha value is -3.39. The van der Waals surface area contributed by atoms with Crippen LogP contribution in [0, 0.1) is 17.0 Å². The Morgan fingerprint density at radius 1 is 1.15 bits per heavy atom. The highest BCUT2D eigenvalue weighted by Crippen LogP contribution is 2.43. The lowest BCUT2D eigenvalue weighted by atomic mass is 9.99. The summed E-state index contributed by atoms with van der Waals surface area (Å²) in [5.74, 6) is 0.993. The number of benzene rings is 3. The molecule has 0 saturated heterocycles. The highest BCUT2D eigenvalue weighted by atomic mass is 35.5. The van der Waals surface area contributed by atoms with Crippen LogP contribution in [0.3, 0.4) is 0 Å². The summed E-state index contributed by atoms with van der Waals surface area (Å²) in [7, 11) is 0. The minimum atomic E-state index is -0.480. The molecule has 3 aromatic carbocycles. The van der Waals surface area contributed by atoms with Crippen molar-refractivity contribution in [3.63, 3.8) is 0 Å². The van der Waals surface area contributed by atoms with Crippen LogP contribution < -0.4 is 9.47 Å². The summed E-state index contributed by atoms with van der Waals surface area (Å²) < 4.78 is 11.9. The Bertz CT molecular complexity index is 1390. The molecule has 0 unspecified atom stereocenters. The van der Waals surface area contributed by atoms with E-state index in [9.17, 15) is 14.9 Å². The first kappa shape index (κ1) is 22.4. The van der Waals surface area contributed by atoms with Crippen LogP contribution in [-0.2, 0) is 13.1 Å². The van der Waals surface area contributed by atoms with Gasteiger partial charge in [0.1, 0.15) is 18.2 Å². The van der Waals surface area contributed by atoms with Gasteiger partial charge in [0.2, 0.25) is 5.78 Å². The zero-order valence-corrected chi connectivity index (χ0v) is 19.5. The van der Waals surface area contributed by atoms with Crippen LogP contribution in [0.1, 0.15) is 32.6 Å². The Balaban J connectivity index is 1.42. The number of non-ortho nitro benzene ring substituents is 1. The fourth-order valence-corrected chi connectivity index (χ4v) is 4.64. The number of carbonyl (C=O) groups excluding carboxylic acids is 1. The standard InChI is InChI=1S/C25H18Cl2N2O5/c1-14-24-17(12-28(13-33-24)11-16-5-6-18(26)10-21(16)27)9-20-23(30)22(34-25(14)20)8-15-3-2-4-19(7-15)29(31)32/h2-10H,11-13H2,1H3/b22-8-. The van der Waals surface area contributed by atoms with Crippen LogP contribution in [0.25, 0.3) is 6.08 Å². The van der Waals surface area contributed by atoms with Gasteiger partial charge in [-0.1, -0.05) is 41.4 Å². The van der Waals surface area contributed by atoms with E-state index in [1.54, 1.807) is 30.3 Å². The minimum Gasteiger partial charge on any atom is -0.477 e. The summed E-state index contributed by atoms with van der Waals surface area (Å²) >= 11 is 12.3. The maximum atomic E-state index is 13.1. The number of carbonyl (C=O) groups is 1. The van der Waals surface area contributed by atoms with Crippen LogP contribution in [0.4, 0.5) is 5.69 Å². The van der Waals surface area contributed by atoms with Crippen molar-refractivity contribution in [2.45, 2.75) is 20.0 Å². The SMILES string of the molecule is Cc1c2c(cc3c1O/C(=C\c1cccc([N+](=O)[O-])c1)C3=O)CN(Cc1ccc(Cl)cc1Cl)CO2. The summed E-state index contributed by atoms with van der Waals surface area (Å²) in [4.78, 5) is 25.7. The van der Waals surface area contributed by atoms with Gasteiger partial charge in [-0.3, -0.25) is 19.8 Å². The van der Waals surface area contributed by atoms with E-state index in [0.29, 0.717) is 52.5 Å². The van der Waals surface area contributed by atoms with E-state index in [2.05, 4.69) is 4.90 Å². The third kappa shape index (κ3) is 4.14. The number of rotatable bonds is 4. The molecule has 0 saturated carbocycles. The molecule has 0 fully saturated rings. The Kier molecular flexibility index (Phi) is 5.77. The maximum Gasteiger partial charge on any atom is 0.270 e. The van der Waals surface area contributed by atoms with Crippen LogP contribution in [0.5, 0.6) is 11.5 Å². The fourth-order valence-electron chi connectivity index (χ4n) is 4.17. The van der Waals surface area contributed by atoms with E-state index < -0.39 is 4.92 Å². The number of nitro benzene ring substituents is 1. The molecule has 34 heavy (non-hydrogen) atoms. The van der Waals surface area contributed by atoms with E-state index >= 15 is 0 Å². The second-order valence-corrected chi connectivity index (χ2v) is 9.00. The average Bonchev–Trinajstić information content (AvgIpc) is 3.11. The molecule has 3 aromatic rings. The minimum absolute atomic E-state index is 0.0572. The number of halogens is 2. The van der Waals surface area contributed by atoms with Gasteiger partial charge in [0.05, 0.1) is 10.5 Å². The van der Waals surface area contributed by atoms with Crippen molar-refractivity contribution in [2.24, 2.45) is 0 Å². The van der Waals surface area contributed by atoms with Crippen molar-refractivity contribution in [3.05, 3.63) is 102 Å². The lowest BCUT2D eigenvalue weighted by Gasteiger charge is -2.30. The van der Waals surface area contributed by atoms with Crippen LogP contribution >= 0.6 is 23.2 Å². The molecule has 2 aliphatic heterocycles. The Morgan fingerprint density at radius 3 is 2.74 bits per heavy atom. The summed E-state index contributed by atoms with van der Waals surface area (Å²) in [6, 6.07) is 13.2. The van der Waals surface area contributed by atoms with Crippen molar-refractivity contribution in [1.82, 2.24) is 4.90 Å². The quantitative estimate of drug-likeness (QED) is 0.243. The normalized spacial score (nSPS) is 16.1. The third-order valence-corrected chi connectivity index (χ3v) is 6.38. The van der Waals surface area contributed by atoms with Crippen molar-refractivity contribution in [1.29, 1.82) is 0 Å². The van der Waals surface area contributed by atoms with Gasteiger partial charge in [0, 0.05) is 46.4 Å². The molecule has 2 heterocycles. The second kappa shape index (κ2) is 8.76. The molecule has 0 aromatic heterocycles. The van der Waals surface area contributed by atoms with Gasteiger partial charge < -0.3 is 9.47 Å². The van der Waals surface area contributed by atoms with Gasteiger partial charge >= 0.3 is 0 Å². The smallest absolute Gasteiger partial charge is 0.270 e. The number of Topliss-reactive ketones (excluding diaryl/α,β-unsaturated/α-hetero) is 1. The summed E-state index contributed by atoms with van der Waals surface area (Å²) in [5.41, 5.74) is 3.45. The maximum absolute atomic E-state index is 13.1. The molecule has 0 spiro atoms. The van der Waals surface area contributed by atoms with Crippen molar-refractivity contribution < 1.29 is 19.2 Å². The van der Waals surface area contributed by atoms with Gasteiger partial charge in [-0.2, -0.15) is 0 Å². The van der Waals surface area contributed by atoms with Gasteiger partial charge in [0.25, 0.3) is 5.69 Å². The predicted molar refractivity (Wildman–Crippen MR) is 128 cm³/mol. The van der Waals surface area contributed by atoms with Crippen LogP contribution in [0.2, 0.25) is 10.0 Å². The summed E-state index contributed by atoms with van der Waals surface area (Å²) in [5, 5.41) is 12.2. The van der Waals surface area contributed by atoms with Crippen molar-refractivity contribution in [3.8, 4) is 11.5 Å². The average molecular weight is 497 g/mol. The molecule has 7 nitrogen and oxygen atoms in total. The summed E-state index contributed by atoms with van der Waals surface area (Å²) in [6.07, 6.45) is 1.52. The molecular weight excluding hydrogens is 479 g/mol. The lowest BCUT2D eigenvalue weighted by Crippen LogP contribution is -2.32. The molecule has 0 aliphatic carbocycles. The van der Waals surface area contributed by atoms with Gasteiger partial charge in [0.15, 0.2) is 5.76 Å². The van der Waals surface area contributed by atoms with Crippen LogP contribution in [0.15, 0.2) is 54.3 Å². The number of ketones is 1. The highest BCUT2D eigenvalue weighted by Gasteiger charge is 2.33. The second-order valence-electron chi connectivity index (χ2n) is 8.15. The van der Waals surface area contributed by atoms with Crippen molar-refractivity contribution in [2.75, 3.05) is 6.73 Å². The van der Waals surface area contributed by atoms with E-state index in [-0.39, 0.29) is 17.2 Å². The molecule has 172 valence electrons. The molecular formula is C25H18Cl2N2O5. The molecule has 5 rings (SSSR count). The van der Waals surface area contributed by atoms with Gasteiger partial charge in [-0.05, 0) is 42.3 Å². The third-order valence-electron chi connectivity index (χ3n) is 5.79. The van der Waals surface area contributed by atoms with Crippen molar-refractivity contribution >= 4 is 40.7 Å². The number of hydrogen-bond donors (Lipinski definition) is 0. The van der Waals surface area contributed by atoms with E-state index in [1.807, 2.05) is 13.0 Å². The molecule has 0 N–H and O–H groups in total. The first-order chi connectivity index (χ1) is 16.3. The topological polar surface area (TPSA) is 81.9 Å². The number of hydrogen-bond acceptors (Lipinski definition) is 6. The van der Waals surface area contributed by atoms with Gasteiger partial charge in [-0.15, -0.1) is 0 Å². The number of nitrogens with zero attached hydrogens (tertiary/aromatic N) is 2. The lowest BCUT2D eigenvalue weighted by molar-refractivity contribution is -0.384. The fraction of sp³-hybridized carbons (Fsp3) is 0.160. The molecule has 9 heteroatoms. The monoisotopic (exact) mass is 496 g/mol. The Morgan fingerprint density at radius 2 is 1.97 bits per heavy atom. The number of allylic oxidation sites excluding steroid dienone is 1. The largest absolute Gasteiger partial charge is 0.477 e. The molecule has 0 atom stereocenters. The predicted octanol–water partition coefficient (Wildman–Crippen LogP) is 6.18. The summed E-state index contributed by atoms with van der Waals surface area (Å²) in [6.45, 7) is 3.34. The number of fused-ring (bicyclic) bond motifs is 2. The molecule has 0 bridgehead atoms.